The number of hydrogen-bond acceptors (Lipinski definition) is 3. The van der Waals surface area contributed by atoms with E-state index in [9.17, 15) is 4.79 Å². The van der Waals surface area contributed by atoms with Crippen LogP contribution in [0.1, 0.15) is 54.9 Å². The van der Waals surface area contributed by atoms with Gasteiger partial charge < -0.3 is 4.90 Å². The molecule has 2 atom stereocenters. The molecular formula is C16H24N2OS. The second-order valence-corrected chi connectivity index (χ2v) is 7.47. The molecule has 4 heteroatoms. The molecule has 1 amide bonds. The van der Waals surface area contributed by atoms with Gasteiger partial charge in [-0.15, -0.1) is 11.3 Å². The molecule has 3 nitrogen and oxygen atoms in total. The summed E-state index contributed by atoms with van der Waals surface area (Å²) in [5, 5.41) is 3.58. The van der Waals surface area contributed by atoms with E-state index in [-0.39, 0.29) is 12.2 Å². The van der Waals surface area contributed by atoms with Crippen LogP contribution in [0.25, 0.3) is 0 Å². The molecule has 2 heterocycles. The van der Waals surface area contributed by atoms with Gasteiger partial charge in [-0.3, -0.25) is 10.1 Å². The summed E-state index contributed by atoms with van der Waals surface area (Å²) in [6.45, 7) is 5.25. The molecule has 2 fully saturated rings. The van der Waals surface area contributed by atoms with Crippen molar-refractivity contribution in [3.05, 3.63) is 21.9 Å². The van der Waals surface area contributed by atoms with E-state index in [1.165, 1.54) is 22.6 Å². The topological polar surface area (TPSA) is 32.3 Å². The van der Waals surface area contributed by atoms with Crippen LogP contribution in [-0.4, -0.2) is 23.4 Å². The van der Waals surface area contributed by atoms with Gasteiger partial charge in [-0.1, -0.05) is 19.8 Å². The number of nitrogens with one attached hydrogen (secondary N) is 1. The lowest BCUT2D eigenvalue weighted by Gasteiger charge is -2.23. The van der Waals surface area contributed by atoms with Crippen molar-refractivity contribution in [2.45, 2.75) is 58.2 Å². The Morgan fingerprint density at radius 2 is 2.20 bits per heavy atom. The standard InChI is InChI=1S/C16H24N2OS/c1-3-4-5-13-16(19)18(10-12-7-8-12)15(17-13)14-9-6-11(2)20-14/h6,9,12-13,15,17H,3-5,7-8,10H2,1-2H3. The number of thiophene rings is 1. The van der Waals surface area contributed by atoms with E-state index in [2.05, 4.69) is 36.2 Å². The molecular weight excluding hydrogens is 268 g/mol. The smallest absolute Gasteiger partial charge is 0.241 e. The minimum absolute atomic E-state index is 0.0288. The van der Waals surface area contributed by atoms with Gasteiger partial charge >= 0.3 is 0 Å². The van der Waals surface area contributed by atoms with Crippen molar-refractivity contribution >= 4 is 17.2 Å². The minimum atomic E-state index is 0.0288. The van der Waals surface area contributed by atoms with Crippen molar-refractivity contribution in [1.82, 2.24) is 10.2 Å². The zero-order chi connectivity index (χ0) is 14.1. The molecule has 20 heavy (non-hydrogen) atoms. The van der Waals surface area contributed by atoms with Crippen molar-refractivity contribution in [2.75, 3.05) is 6.54 Å². The zero-order valence-electron chi connectivity index (χ0n) is 12.4. The van der Waals surface area contributed by atoms with Crippen molar-refractivity contribution in [1.29, 1.82) is 0 Å². The van der Waals surface area contributed by atoms with Crippen LogP contribution in [-0.2, 0) is 4.79 Å². The van der Waals surface area contributed by atoms with E-state index < -0.39 is 0 Å². The van der Waals surface area contributed by atoms with Crippen molar-refractivity contribution in [2.24, 2.45) is 5.92 Å². The monoisotopic (exact) mass is 292 g/mol. The third kappa shape index (κ3) is 2.91. The Morgan fingerprint density at radius 1 is 1.40 bits per heavy atom. The van der Waals surface area contributed by atoms with Gasteiger partial charge in [-0.25, -0.2) is 0 Å². The van der Waals surface area contributed by atoms with Gasteiger partial charge in [0.15, 0.2) is 0 Å². The number of nitrogens with zero attached hydrogens (tertiary/aromatic N) is 1. The molecule has 2 unspecified atom stereocenters. The molecule has 0 bridgehead atoms. The highest BCUT2D eigenvalue weighted by molar-refractivity contribution is 7.12. The molecule has 110 valence electrons. The van der Waals surface area contributed by atoms with Crippen LogP contribution in [0.5, 0.6) is 0 Å². The summed E-state index contributed by atoms with van der Waals surface area (Å²) in [4.78, 5) is 17.3. The highest BCUT2D eigenvalue weighted by Gasteiger charge is 2.41. The highest BCUT2D eigenvalue weighted by Crippen LogP contribution is 2.37. The van der Waals surface area contributed by atoms with Crippen LogP contribution in [0.15, 0.2) is 12.1 Å². The summed E-state index contributed by atoms with van der Waals surface area (Å²) in [6.07, 6.45) is 5.94. The van der Waals surface area contributed by atoms with E-state index in [1.807, 2.05) is 11.3 Å². The van der Waals surface area contributed by atoms with Gasteiger partial charge in [-0.2, -0.15) is 0 Å². The van der Waals surface area contributed by atoms with Gasteiger partial charge in [0.25, 0.3) is 0 Å². The van der Waals surface area contributed by atoms with E-state index in [0.717, 1.165) is 31.7 Å². The summed E-state index contributed by atoms with van der Waals surface area (Å²) >= 11 is 1.81. The van der Waals surface area contributed by atoms with Crippen molar-refractivity contribution in [3.63, 3.8) is 0 Å². The lowest BCUT2D eigenvalue weighted by molar-refractivity contribution is -0.130. The van der Waals surface area contributed by atoms with Crippen LogP contribution >= 0.6 is 11.3 Å². The summed E-state index contributed by atoms with van der Waals surface area (Å²) in [5.74, 6) is 1.07. The van der Waals surface area contributed by atoms with Gasteiger partial charge in [-0.05, 0) is 44.2 Å². The first-order valence-electron chi connectivity index (χ1n) is 7.82. The number of amides is 1. The predicted molar refractivity (Wildman–Crippen MR) is 82.7 cm³/mol. The van der Waals surface area contributed by atoms with E-state index in [0.29, 0.717) is 5.91 Å². The van der Waals surface area contributed by atoms with Crippen LogP contribution in [0.4, 0.5) is 0 Å². The molecule has 0 aromatic carbocycles. The molecule has 1 aromatic rings. The first kappa shape index (κ1) is 14.1. The van der Waals surface area contributed by atoms with Crippen molar-refractivity contribution < 1.29 is 4.79 Å². The maximum Gasteiger partial charge on any atom is 0.241 e. The fourth-order valence-electron chi connectivity index (χ4n) is 2.90. The fraction of sp³-hybridized carbons (Fsp3) is 0.688. The molecule has 2 aliphatic rings. The number of rotatable bonds is 6. The SMILES string of the molecule is CCCCC1NC(c2ccc(C)s2)N(CC2CC2)C1=O. The summed E-state index contributed by atoms with van der Waals surface area (Å²) in [5.41, 5.74) is 0. The normalized spacial score (nSPS) is 26.5. The van der Waals surface area contributed by atoms with Crippen LogP contribution in [0.2, 0.25) is 0 Å². The van der Waals surface area contributed by atoms with Gasteiger partial charge in [0.05, 0.1) is 6.04 Å². The maximum atomic E-state index is 12.6. The zero-order valence-corrected chi connectivity index (χ0v) is 13.2. The number of carbonyl (C=O) groups is 1. The third-order valence-corrected chi connectivity index (χ3v) is 5.33. The quantitative estimate of drug-likeness (QED) is 0.871. The third-order valence-electron chi connectivity index (χ3n) is 4.28. The summed E-state index contributed by atoms with van der Waals surface area (Å²) in [6, 6.07) is 4.36. The number of hydrogen-bond donors (Lipinski definition) is 1. The van der Waals surface area contributed by atoms with E-state index in [4.69, 9.17) is 0 Å². The Balaban J connectivity index is 1.76. The Hall–Kier alpha value is -0.870. The summed E-state index contributed by atoms with van der Waals surface area (Å²) in [7, 11) is 0. The van der Waals surface area contributed by atoms with Gasteiger partial charge in [0.1, 0.15) is 6.17 Å². The average Bonchev–Trinajstić information content (AvgIpc) is 3.07. The van der Waals surface area contributed by atoms with Gasteiger partial charge in [0, 0.05) is 16.3 Å². The van der Waals surface area contributed by atoms with Crippen LogP contribution in [0, 0.1) is 12.8 Å². The molecule has 1 N–H and O–H groups in total. The molecule has 1 aliphatic carbocycles. The first-order valence-corrected chi connectivity index (χ1v) is 8.63. The number of unbranched alkanes of at least 4 members (excludes halogenated alkanes) is 1. The van der Waals surface area contributed by atoms with Crippen LogP contribution in [0.3, 0.4) is 0 Å². The molecule has 1 aliphatic heterocycles. The lowest BCUT2D eigenvalue weighted by Crippen LogP contribution is -2.32. The second-order valence-electron chi connectivity index (χ2n) is 6.15. The minimum Gasteiger partial charge on any atom is -0.320 e. The average molecular weight is 292 g/mol. The lowest BCUT2D eigenvalue weighted by atomic mass is 10.1. The number of aryl methyl sites for hydroxylation is 1. The first-order chi connectivity index (χ1) is 9.69. The fourth-order valence-corrected chi connectivity index (χ4v) is 3.86. The van der Waals surface area contributed by atoms with Crippen molar-refractivity contribution in [3.8, 4) is 0 Å². The Labute approximate surface area is 125 Å². The second kappa shape index (κ2) is 5.86. The maximum absolute atomic E-state index is 12.6. The van der Waals surface area contributed by atoms with Crippen LogP contribution < -0.4 is 5.32 Å². The highest BCUT2D eigenvalue weighted by atomic mass is 32.1. The molecule has 0 spiro atoms. The summed E-state index contributed by atoms with van der Waals surface area (Å²) < 4.78 is 0. The van der Waals surface area contributed by atoms with E-state index >= 15 is 0 Å². The van der Waals surface area contributed by atoms with Gasteiger partial charge in [0.2, 0.25) is 5.91 Å². The molecule has 1 saturated heterocycles. The Morgan fingerprint density at radius 3 is 2.80 bits per heavy atom. The molecule has 3 rings (SSSR count). The molecule has 1 saturated carbocycles. The Kier molecular flexibility index (Phi) is 4.13. The molecule has 0 radical (unpaired) electrons. The predicted octanol–water partition coefficient (Wildman–Crippen LogP) is 3.46. The Bertz CT molecular complexity index is 481. The molecule has 1 aromatic heterocycles. The van der Waals surface area contributed by atoms with E-state index in [1.54, 1.807) is 0 Å². The number of carbonyl (C=O) groups excluding carboxylic acids is 1. The largest absolute Gasteiger partial charge is 0.320 e.